The zero-order chi connectivity index (χ0) is 18.7. The van der Waals surface area contributed by atoms with Crippen molar-refractivity contribution in [2.75, 3.05) is 35.8 Å². The molecule has 2 aromatic carbocycles. The molecule has 0 saturated carbocycles. The zero-order valence-corrected chi connectivity index (χ0v) is 15.2. The highest BCUT2D eigenvalue weighted by molar-refractivity contribution is 6.05. The van der Waals surface area contributed by atoms with Crippen LogP contribution >= 0.6 is 0 Å². The number of amides is 2. The van der Waals surface area contributed by atoms with E-state index in [9.17, 15) is 9.59 Å². The van der Waals surface area contributed by atoms with Crippen LogP contribution in [0.3, 0.4) is 0 Å². The number of ether oxygens (including phenoxy) is 1. The Balaban J connectivity index is 1.88. The fourth-order valence-corrected chi connectivity index (χ4v) is 3.28. The highest BCUT2D eigenvalue weighted by Crippen LogP contribution is 2.32. The number of fused-ring (bicyclic) bond motifs is 1. The van der Waals surface area contributed by atoms with E-state index in [-0.39, 0.29) is 30.8 Å². The van der Waals surface area contributed by atoms with Gasteiger partial charge in [0.25, 0.3) is 0 Å². The Labute approximate surface area is 153 Å². The maximum atomic E-state index is 13.1. The number of nitrogens with one attached hydrogen (secondary N) is 1. The summed E-state index contributed by atoms with van der Waals surface area (Å²) in [6, 6.07) is 14.7. The molecule has 0 bridgehead atoms. The van der Waals surface area contributed by atoms with Crippen LogP contribution in [-0.4, -0.2) is 38.6 Å². The number of nitrogens with zero attached hydrogens (tertiary/aromatic N) is 2. The first-order valence-corrected chi connectivity index (χ1v) is 8.56. The summed E-state index contributed by atoms with van der Waals surface area (Å²) in [6.07, 6.45) is 0.263. The quantitative estimate of drug-likeness (QED) is 0.918. The number of anilines is 3. The van der Waals surface area contributed by atoms with Crippen molar-refractivity contribution in [3.8, 4) is 5.75 Å². The predicted octanol–water partition coefficient (Wildman–Crippen LogP) is 2.90. The minimum Gasteiger partial charge on any atom is -0.495 e. The van der Waals surface area contributed by atoms with Gasteiger partial charge in [-0.25, -0.2) is 0 Å². The van der Waals surface area contributed by atoms with Gasteiger partial charge in [0.1, 0.15) is 5.75 Å². The Morgan fingerprint density at radius 2 is 1.92 bits per heavy atom. The Bertz CT molecular complexity index is 821. The molecule has 1 aliphatic rings. The molecule has 2 aromatic rings. The van der Waals surface area contributed by atoms with Crippen LogP contribution in [0.25, 0.3) is 0 Å². The van der Waals surface area contributed by atoms with Gasteiger partial charge in [-0.1, -0.05) is 24.3 Å². The summed E-state index contributed by atoms with van der Waals surface area (Å²) in [7, 11) is 3.46. The first-order valence-electron chi connectivity index (χ1n) is 8.56. The number of carbonyl (C=O) groups is 2. The molecule has 1 aliphatic heterocycles. The molecule has 1 atom stereocenters. The third-order valence-corrected chi connectivity index (χ3v) is 4.50. The Morgan fingerprint density at radius 1 is 1.23 bits per heavy atom. The number of likely N-dealkylation sites (N-methyl/N-ethyl adjacent to an activating group) is 1. The van der Waals surface area contributed by atoms with E-state index in [0.29, 0.717) is 11.4 Å². The van der Waals surface area contributed by atoms with Gasteiger partial charge < -0.3 is 19.9 Å². The smallest absolute Gasteiger partial charge is 0.246 e. The number of benzene rings is 2. The highest BCUT2D eigenvalue weighted by Gasteiger charge is 2.30. The Kier molecular flexibility index (Phi) is 5.11. The fourth-order valence-electron chi connectivity index (χ4n) is 3.28. The van der Waals surface area contributed by atoms with Crippen molar-refractivity contribution >= 4 is 28.9 Å². The summed E-state index contributed by atoms with van der Waals surface area (Å²) in [6.45, 7) is 2.07. The lowest BCUT2D eigenvalue weighted by molar-refractivity contribution is -0.118. The molecule has 1 N–H and O–H groups in total. The van der Waals surface area contributed by atoms with E-state index in [1.54, 1.807) is 12.0 Å². The topological polar surface area (TPSA) is 61.9 Å². The van der Waals surface area contributed by atoms with Crippen LogP contribution in [0.4, 0.5) is 17.1 Å². The van der Waals surface area contributed by atoms with Gasteiger partial charge in [-0.3, -0.25) is 9.59 Å². The Morgan fingerprint density at radius 3 is 2.69 bits per heavy atom. The summed E-state index contributed by atoms with van der Waals surface area (Å²) < 4.78 is 5.38. The number of methoxy groups -OCH3 is 1. The second-order valence-corrected chi connectivity index (χ2v) is 6.41. The van der Waals surface area contributed by atoms with E-state index in [2.05, 4.69) is 5.32 Å². The van der Waals surface area contributed by atoms with Gasteiger partial charge >= 0.3 is 0 Å². The molecular formula is C20H23N3O3. The van der Waals surface area contributed by atoms with E-state index in [0.717, 1.165) is 11.4 Å². The lowest BCUT2D eigenvalue weighted by Gasteiger charge is -2.30. The van der Waals surface area contributed by atoms with Crippen LogP contribution in [0.15, 0.2) is 48.5 Å². The molecule has 0 aliphatic carbocycles. The molecule has 3 rings (SSSR count). The fraction of sp³-hybridized carbons (Fsp3) is 0.300. The second kappa shape index (κ2) is 7.47. The van der Waals surface area contributed by atoms with Crippen LogP contribution in [0.2, 0.25) is 0 Å². The summed E-state index contributed by atoms with van der Waals surface area (Å²) in [4.78, 5) is 28.8. The van der Waals surface area contributed by atoms with Crippen LogP contribution in [-0.2, 0) is 9.59 Å². The van der Waals surface area contributed by atoms with Crippen LogP contribution in [0.5, 0.6) is 5.75 Å². The lowest BCUT2D eigenvalue weighted by atomic mass is 10.1. The first-order chi connectivity index (χ1) is 12.5. The molecule has 0 fully saturated rings. The molecule has 26 heavy (non-hydrogen) atoms. The highest BCUT2D eigenvalue weighted by atomic mass is 16.5. The van der Waals surface area contributed by atoms with Gasteiger partial charge in [-0.15, -0.1) is 0 Å². The van der Waals surface area contributed by atoms with E-state index in [1.165, 1.54) is 0 Å². The van der Waals surface area contributed by atoms with Crippen LogP contribution in [0.1, 0.15) is 13.3 Å². The number of carbonyl (C=O) groups excluding carboxylic acids is 2. The predicted molar refractivity (Wildman–Crippen MR) is 103 cm³/mol. The van der Waals surface area contributed by atoms with Crippen molar-refractivity contribution < 1.29 is 14.3 Å². The van der Waals surface area contributed by atoms with Gasteiger partial charge in [0, 0.05) is 19.5 Å². The first kappa shape index (κ1) is 17.8. The van der Waals surface area contributed by atoms with Gasteiger partial charge in [0.2, 0.25) is 11.8 Å². The SMILES string of the molecule is COc1ccccc1N(C)CC(=O)N1c2ccccc2NC(=O)C[C@H]1C. The molecule has 2 amide bonds. The summed E-state index contributed by atoms with van der Waals surface area (Å²) >= 11 is 0. The molecule has 1 heterocycles. The van der Waals surface area contributed by atoms with Crippen LogP contribution < -0.4 is 19.9 Å². The zero-order valence-electron chi connectivity index (χ0n) is 15.2. The average Bonchev–Trinajstić information content (AvgIpc) is 2.75. The summed E-state index contributed by atoms with van der Waals surface area (Å²) in [5, 5.41) is 2.87. The molecule has 0 unspecified atom stereocenters. The lowest BCUT2D eigenvalue weighted by Crippen LogP contribution is -2.44. The van der Waals surface area contributed by atoms with Crippen molar-refractivity contribution in [1.82, 2.24) is 0 Å². The summed E-state index contributed by atoms with van der Waals surface area (Å²) in [5.74, 6) is 0.553. The van der Waals surface area contributed by atoms with Crippen molar-refractivity contribution in [2.24, 2.45) is 0 Å². The van der Waals surface area contributed by atoms with Crippen molar-refractivity contribution in [1.29, 1.82) is 0 Å². The van der Waals surface area contributed by atoms with Crippen LogP contribution in [0, 0.1) is 0 Å². The third kappa shape index (κ3) is 3.49. The largest absolute Gasteiger partial charge is 0.495 e. The van der Waals surface area contributed by atoms with E-state index < -0.39 is 0 Å². The maximum Gasteiger partial charge on any atom is 0.246 e. The number of hydrogen-bond donors (Lipinski definition) is 1. The van der Waals surface area contributed by atoms with E-state index >= 15 is 0 Å². The second-order valence-electron chi connectivity index (χ2n) is 6.41. The number of para-hydroxylation sites is 4. The minimum absolute atomic E-state index is 0.0742. The van der Waals surface area contributed by atoms with E-state index in [1.807, 2.05) is 67.4 Å². The standard InChI is InChI=1S/C20H23N3O3/c1-14-12-19(24)21-15-8-4-5-9-16(15)23(14)20(25)13-22(2)17-10-6-7-11-18(17)26-3/h4-11,14H,12-13H2,1-3H3,(H,21,24)/t14-/m1/s1. The molecule has 136 valence electrons. The van der Waals surface area contributed by atoms with Crippen molar-refractivity contribution in [2.45, 2.75) is 19.4 Å². The number of hydrogen-bond acceptors (Lipinski definition) is 4. The van der Waals surface area contributed by atoms with Gasteiger partial charge in [-0.05, 0) is 31.2 Å². The Hall–Kier alpha value is -3.02. The molecule has 0 aromatic heterocycles. The molecule has 6 heteroatoms. The van der Waals surface area contributed by atoms with Gasteiger partial charge in [-0.2, -0.15) is 0 Å². The minimum atomic E-state index is -0.225. The monoisotopic (exact) mass is 353 g/mol. The molecule has 6 nitrogen and oxygen atoms in total. The number of rotatable bonds is 4. The van der Waals surface area contributed by atoms with Crippen molar-refractivity contribution in [3.05, 3.63) is 48.5 Å². The molecular weight excluding hydrogens is 330 g/mol. The van der Waals surface area contributed by atoms with Gasteiger partial charge in [0.05, 0.1) is 30.7 Å². The summed E-state index contributed by atoms with van der Waals surface area (Å²) in [5.41, 5.74) is 2.23. The maximum absolute atomic E-state index is 13.1. The molecule has 0 radical (unpaired) electrons. The van der Waals surface area contributed by atoms with E-state index in [4.69, 9.17) is 4.74 Å². The normalized spacial score (nSPS) is 16.3. The molecule has 0 spiro atoms. The van der Waals surface area contributed by atoms with Crippen molar-refractivity contribution in [3.63, 3.8) is 0 Å². The molecule has 0 saturated heterocycles. The third-order valence-electron chi connectivity index (χ3n) is 4.50. The average molecular weight is 353 g/mol. The van der Waals surface area contributed by atoms with Gasteiger partial charge in [0.15, 0.2) is 0 Å².